The summed E-state index contributed by atoms with van der Waals surface area (Å²) in [4.78, 5) is 23.4. The predicted octanol–water partition coefficient (Wildman–Crippen LogP) is 1.54. The van der Waals surface area contributed by atoms with Crippen molar-refractivity contribution >= 4 is 11.6 Å². The molecule has 1 aliphatic heterocycles. The lowest BCUT2D eigenvalue weighted by molar-refractivity contribution is -0.139. The first-order chi connectivity index (χ1) is 8.16. The number of ether oxygens (including phenoxy) is 1. The summed E-state index contributed by atoms with van der Waals surface area (Å²) in [6.07, 6.45) is 0.458. The van der Waals surface area contributed by atoms with Crippen molar-refractivity contribution in [2.45, 2.75) is 12.8 Å². The molecule has 1 unspecified atom stereocenters. The van der Waals surface area contributed by atoms with Gasteiger partial charge in [-0.1, -0.05) is 12.1 Å². The van der Waals surface area contributed by atoms with Gasteiger partial charge < -0.3 is 4.74 Å². The molecule has 0 N–H and O–H groups in total. The average Bonchev–Trinajstić information content (AvgIpc) is 2.32. The Balaban J connectivity index is 2.00. The number of hydrogen-bond acceptors (Lipinski definition) is 3. The minimum atomic E-state index is -0.645. The third kappa shape index (κ3) is 2.97. The Morgan fingerprint density at radius 3 is 2.71 bits per heavy atom. The number of hydrogen-bond donors (Lipinski definition) is 0. The standard InChI is InChI=1S/C13H13FO3/c14-10-3-1-9(2-4-10)7-13(16)11-8-17-6-5-12(11)15/h1-4,11H,5-8H2. The third-order valence-electron chi connectivity index (χ3n) is 2.85. The highest BCUT2D eigenvalue weighted by molar-refractivity contribution is 6.03. The van der Waals surface area contributed by atoms with E-state index in [1.165, 1.54) is 12.1 Å². The lowest BCUT2D eigenvalue weighted by atomic mass is 9.92. The summed E-state index contributed by atoms with van der Waals surface area (Å²) in [5.41, 5.74) is 0.717. The summed E-state index contributed by atoms with van der Waals surface area (Å²) in [6, 6.07) is 5.73. The monoisotopic (exact) mass is 236 g/mol. The fourth-order valence-electron chi connectivity index (χ4n) is 1.84. The molecule has 0 radical (unpaired) electrons. The lowest BCUT2D eigenvalue weighted by Crippen LogP contribution is -2.34. The van der Waals surface area contributed by atoms with Crippen LogP contribution in [0.4, 0.5) is 4.39 Å². The van der Waals surface area contributed by atoms with Gasteiger partial charge in [0.1, 0.15) is 17.4 Å². The van der Waals surface area contributed by atoms with Crippen LogP contribution in [0.5, 0.6) is 0 Å². The first kappa shape index (κ1) is 11.9. The van der Waals surface area contributed by atoms with Gasteiger partial charge in [0.05, 0.1) is 19.1 Å². The number of ketones is 2. The normalized spacial score (nSPS) is 20.3. The molecule has 17 heavy (non-hydrogen) atoms. The number of rotatable bonds is 3. The van der Waals surface area contributed by atoms with Gasteiger partial charge in [0.15, 0.2) is 0 Å². The summed E-state index contributed by atoms with van der Waals surface area (Å²) in [5, 5.41) is 0. The van der Waals surface area contributed by atoms with E-state index in [2.05, 4.69) is 0 Å². The molecule has 4 heteroatoms. The van der Waals surface area contributed by atoms with Crippen LogP contribution < -0.4 is 0 Å². The van der Waals surface area contributed by atoms with Gasteiger partial charge in [-0.2, -0.15) is 0 Å². The van der Waals surface area contributed by atoms with Crippen molar-refractivity contribution in [2.24, 2.45) is 5.92 Å². The van der Waals surface area contributed by atoms with E-state index in [-0.39, 0.29) is 30.4 Å². The molecule has 1 aromatic carbocycles. The fourth-order valence-corrected chi connectivity index (χ4v) is 1.84. The summed E-state index contributed by atoms with van der Waals surface area (Å²) in [7, 11) is 0. The molecule has 0 aliphatic carbocycles. The van der Waals surface area contributed by atoms with Gasteiger partial charge in [-0.15, -0.1) is 0 Å². The molecular formula is C13H13FO3. The van der Waals surface area contributed by atoms with Crippen LogP contribution in [0.25, 0.3) is 0 Å². The van der Waals surface area contributed by atoms with Gasteiger partial charge in [0.2, 0.25) is 0 Å². The number of carbonyl (C=O) groups is 2. The minimum Gasteiger partial charge on any atom is -0.380 e. The van der Waals surface area contributed by atoms with Crippen molar-refractivity contribution in [3.05, 3.63) is 35.6 Å². The summed E-state index contributed by atoms with van der Waals surface area (Å²) in [6.45, 7) is 0.581. The van der Waals surface area contributed by atoms with E-state index in [9.17, 15) is 14.0 Å². The molecule has 1 saturated heterocycles. The van der Waals surface area contributed by atoms with Crippen LogP contribution in [0, 0.1) is 11.7 Å². The van der Waals surface area contributed by atoms with Gasteiger partial charge in [-0.05, 0) is 17.7 Å². The van der Waals surface area contributed by atoms with Crippen LogP contribution in [0.2, 0.25) is 0 Å². The Morgan fingerprint density at radius 2 is 2.06 bits per heavy atom. The Morgan fingerprint density at radius 1 is 1.35 bits per heavy atom. The summed E-state index contributed by atoms with van der Waals surface area (Å²) < 4.78 is 17.8. The van der Waals surface area contributed by atoms with E-state index in [4.69, 9.17) is 4.74 Å². The Labute approximate surface area is 98.6 Å². The van der Waals surface area contributed by atoms with Crippen molar-refractivity contribution < 1.29 is 18.7 Å². The van der Waals surface area contributed by atoms with Crippen molar-refractivity contribution in [3.63, 3.8) is 0 Å². The zero-order chi connectivity index (χ0) is 12.3. The maximum atomic E-state index is 12.7. The molecule has 1 atom stereocenters. The third-order valence-corrected chi connectivity index (χ3v) is 2.85. The molecule has 0 amide bonds. The van der Waals surface area contributed by atoms with E-state index in [0.29, 0.717) is 13.0 Å². The van der Waals surface area contributed by atoms with E-state index in [1.54, 1.807) is 12.1 Å². The zero-order valence-corrected chi connectivity index (χ0v) is 9.32. The molecule has 0 spiro atoms. The maximum absolute atomic E-state index is 12.7. The highest BCUT2D eigenvalue weighted by Gasteiger charge is 2.29. The molecule has 1 aromatic rings. The largest absolute Gasteiger partial charge is 0.380 e. The van der Waals surface area contributed by atoms with E-state index < -0.39 is 5.92 Å². The average molecular weight is 236 g/mol. The van der Waals surface area contributed by atoms with Gasteiger partial charge in [0, 0.05) is 12.8 Å². The SMILES string of the molecule is O=C1CCOCC1C(=O)Cc1ccc(F)cc1. The fraction of sp³-hybridized carbons (Fsp3) is 0.385. The second-order valence-electron chi connectivity index (χ2n) is 4.11. The molecule has 0 aromatic heterocycles. The molecule has 1 heterocycles. The van der Waals surface area contributed by atoms with Crippen LogP contribution in [0.3, 0.4) is 0 Å². The van der Waals surface area contributed by atoms with Crippen LogP contribution in [-0.4, -0.2) is 24.8 Å². The number of carbonyl (C=O) groups excluding carboxylic acids is 2. The van der Waals surface area contributed by atoms with Crippen molar-refractivity contribution in [3.8, 4) is 0 Å². The van der Waals surface area contributed by atoms with E-state index in [1.807, 2.05) is 0 Å². The Kier molecular flexibility index (Phi) is 3.64. The van der Waals surface area contributed by atoms with E-state index >= 15 is 0 Å². The van der Waals surface area contributed by atoms with Crippen molar-refractivity contribution in [1.29, 1.82) is 0 Å². The molecule has 3 nitrogen and oxygen atoms in total. The number of halogens is 1. The molecule has 0 saturated carbocycles. The topological polar surface area (TPSA) is 43.4 Å². The lowest BCUT2D eigenvalue weighted by Gasteiger charge is -2.19. The molecular weight excluding hydrogens is 223 g/mol. The second-order valence-corrected chi connectivity index (χ2v) is 4.11. The van der Waals surface area contributed by atoms with Crippen LogP contribution in [0.15, 0.2) is 24.3 Å². The zero-order valence-electron chi connectivity index (χ0n) is 9.32. The first-order valence-electron chi connectivity index (χ1n) is 5.54. The van der Waals surface area contributed by atoms with Crippen molar-refractivity contribution in [2.75, 3.05) is 13.2 Å². The van der Waals surface area contributed by atoms with Gasteiger partial charge in [-0.25, -0.2) is 4.39 Å². The highest BCUT2D eigenvalue weighted by Crippen LogP contribution is 2.14. The quantitative estimate of drug-likeness (QED) is 0.748. The van der Waals surface area contributed by atoms with Gasteiger partial charge in [-0.3, -0.25) is 9.59 Å². The number of Topliss-reactive ketones (excluding diaryl/α,β-unsaturated/α-hetero) is 2. The maximum Gasteiger partial charge on any atom is 0.150 e. The molecule has 90 valence electrons. The summed E-state index contributed by atoms with van der Waals surface area (Å²) in [5.74, 6) is -1.18. The summed E-state index contributed by atoms with van der Waals surface area (Å²) >= 11 is 0. The molecule has 2 rings (SSSR count). The van der Waals surface area contributed by atoms with Gasteiger partial charge >= 0.3 is 0 Å². The second kappa shape index (κ2) is 5.19. The molecule has 0 bridgehead atoms. The van der Waals surface area contributed by atoms with Crippen LogP contribution >= 0.6 is 0 Å². The predicted molar refractivity (Wildman–Crippen MR) is 59.0 cm³/mol. The minimum absolute atomic E-state index is 0.0524. The highest BCUT2D eigenvalue weighted by atomic mass is 19.1. The smallest absolute Gasteiger partial charge is 0.150 e. The van der Waals surface area contributed by atoms with E-state index in [0.717, 1.165) is 5.56 Å². The Bertz CT molecular complexity index is 425. The number of benzene rings is 1. The van der Waals surface area contributed by atoms with Crippen LogP contribution in [-0.2, 0) is 20.7 Å². The first-order valence-corrected chi connectivity index (χ1v) is 5.54. The molecule has 1 aliphatic rings. The van der Waals surface area contributed by atoms with Crippen LogP contribution in [0.1, 0.15) is 12.0 Å². The Hall–Kier alpha value is -1.55. The van der Waals surface area contributed by atoms with Gasteiger partial charge in [0.25, 0.3) is 0 Å². The molecule has 1 fully saturated rings. The van der Waals surface area contributed by atoms with Crippen molar-refractivity contribution in [1.82, 2.24) is 0 Å².